The van der Waals surface area contributed by atoms with Gasteiger partial charge in [0.05, 0.1) is 22.8 Å². The first-order valence-corrected chi connectivity index (χ1v) is 11.8. The topological polar surface area (TPSA) is 86.4 Å². The molecule has 1 aromatic heterocycles. The minimum atomic E-state index is -0.956. The molecule has 0 spiro atoms. The number of rotatable bonds is 10. The Balaban J connectivity index is 1.50. The van der Waals surface area contributed by atoms with Gasteiger partial charge in [-0.05, 0) is 53.9 Å². The molecule has 3 aromatic carbocycles. The van der Waals surface area contributed by atoms with Crippen LogP contribution in [-0.4, -0.2) is 25.4 Å². The number of hydrogen-bond donors (Lipinski definition) is 1. The van der Waals surface area contributed by atoms with E-state index in [1.807, 2.05) is 36.4 Å². The summed E-state index contributed by atoms with van der Waals surface area (Å²) in [4.78, 5) is 24.2. The molecule has 0 atom stereocenters. The summed E-state index contributed by atoms with van der Waals surface area (Å²) >= 11 is 6.32. The molecule has 0 aliphatic heterocycles. The zero-order valence-electron chi connectivity index (χ0n) is 19.4. The van der Waals surface area contributed by atoms with Crippen LogP contribution in [0.2, 0.25) is 5.02 Å². The van der Waals surface area contributed by atoms with Gasteiger partial charge >= 0.3 is 11.7 Å². The molecule has 0 saturated heterocycles. The fourth-order valence-electron chi connectivity index (χ4n) is 3.68. The van der Waals surface area contributed by atoms with E-state index in [2.05, 4.69) is 12.0 Å². The Morgan fingerprint density at radius 1 is 1.00 bits per heavy atom. The van der Waals surface area contributed by atoms with Gasteiger partial charge in [-0.1, -0.05) is 61.3 Å². The number of unbranched alkanes of at least 4 members (excludes halogenated alkanes) is 1. The van der Waals surface area contributed by atoms with Crippen LogP contribution in [0.3, 0.4) is 0 Å². The second kappa shape index (κ2) is 11.1. The third kappa shape index (κ3) is 5.81. The summed E-state index contributed by atoms with van der Waals surface area (Å²) in [6.07, 6.45) is 2.63. The van der Waals surface area contributed by atoms with Gasteiger partial charge < -0.3 is 9.84 Å². The van der Waals surface area contributed by atoms with E-state index in [-0.39, 0.29) is 11.3 Å². The number of halogens is 1. The SMILES string of the molecule is CCCCc1nn(-c2ccccc2Cl)c(=O)n1Cc1ccc(OCc2ccc(C(=O)O)cc2)cc1. The number of carboxylic acid groups (broad SMARTS) is 1. The van der Waals surface area contributed by atoms with E-state index in [9.17, 15) is 9.59 Å². The quantitative estimate of drug-likeness (QED) is 0.323. The van der Waals surface area contributed by atoms with Crippen molar-refractivity contribution in [2.75, 3.05) is 0 Å². The Morgan fingerprint density at radius 2 is 1.69 bits per heavy atom. The fraction of sp³-hybridized carbons (Fsp3) is 0.222. The normalized spacial score (nSPS) is 10.9. The van der Waals surface area contributed by atoms with Gasteiger partial charge in [-0.15, -0.1) is 5.10 Å². The van der Waals surface area contributed by atoms with Crippen LogP contribution in [0.4, 0.5) is 0 Å². The van der Waals surface area contributed by atoms with E-state index in [0.29, 0.717) is 36.0 Å². The lowest BCUT2D eigenvalue weighted by molar-refractivity contribution is 0.0697. The van der Waals surface area contributed by atoms with Crippen molar-refractivity contribution in [2.24, 2.45) is 0 Å². The predicted octanol–water partition coefficient (Wildman–Crippen LogP) is 5.36. The molecule has 0 radical (unpaired) electrons. The fourth-order valence-corrected chi connectivity index (χ4v) is 3.90. The molecule has 1 N–H and O–H groups in total. The second-order valence-corrected chi connectivity index (χ2v) is 8.59. The standard InChI is InChI=1S/C27H26ClN3O4/c1-2-3-8-25-29-31(24-7-5-4-6-23(24)28)27(34)30(25)17-19-11-15-22(16-12-19)35-18-20-9-13-21(14-10-20)26(32)33/h4-7,9-16H,2-3,8,17-18H2,1H3,(H,32,33). The number of aromatic carboxylic acids is 1. The molecule has 180 valence electrons. The first kappa shape index (κ1) is 24.3. The lowest BCUT2D eigenvalue weighted by Crippen LogP contribution is -2.25. The second-order valence-electron chi connectivity index (χ2n) is 8.19. The number of nitrogens with zero attached hydrogens (tertiary/aromatic N) is 3. The van der Waals surface area contributed by atoms with E-state index in [4.69, 9.17) is 21.4 Å². The molecular weight excluding hydrogens is 466 g/mol. The smallest absolute Gasteiger partial charge is 0.351 e. The number of benzene rings is 3. The minimum Gasteiger partial charge on any atom is -0.489 e. The summed E-state index contributed by atoms with van der Waals surface area (Å²) in [5.74, 6) is 0.450. The van der Waals surface area contributed by atoms with Gasteiger partial charge in [0.1, 0.15) is 18.2 Å². The van der Waals surface area contributed by atoms with Gasteiger partial charge in [0.15, 0.2) is 0 Å². The minimum absolute atomic E-state index is 0.227. The van der Waals surface area contributed by atoms with Crippen molar-refractivity contribution in [1.29, 1.82) is 0 Å². The summed E-state index contributed by atoms with van der Waals surface area (Å²) in [5.41, 5.74) is 2.40. The maximum atomic E-state index is 13.2. The molecule has 4 aromatic rings. The summed E-state index contributed by atoms with van der Waals surface area (Å²) in [6.45, 7) is 2.82. The first-order chi connectivity index (χ1) is 17.0. The van der Waals surface area contributed by atoms with Crippen LogP contribution in [0, 0.1) is 0 Å². The molecule has 0 saturated carbocycles. The van der Waals surface area contributed by atoms with Crippen LogP contribution in [-0.2, 0) is 19.6 Å². The Bertz CT molecular complexity index is 1360. The van der Waals surface area contributed by atoms with Crippen LogP contribution in [0.15, 0.2) is 77.6 Å². The van der Waals surface area contributed by atoms with Crippen LogP contribution < -0.4 is 10.4 Å². The van der Waals surface area contributed by atoms with Crippen LogP contribution in [0.5, 0.6) is 5.75 Å². The van der Waals surface area contributed by atoms with Crippen molar-refractivity contribution in [2.45, 2.75) is 39.3 Å². The molecule has 8 heteroatoms. The van der Waals surface area contributed by atoms with Crippen LogP contribution >= 0.6 is 11.6 Å². The molecule has 0 unspecified atom stereocenters. The van der Waals surface area contributed by atoms with E-state index < -0.39 is 5.97 Å². The van der Waals surface area contributed by atoms with Crippen molar-refractivity contribution in [3.05, 3.63) is 111 Å². The van der Waals surface area contributed by atoms with Crippen LogP contribution in [0.1, 0.15) is 47.1 Å². The highest BCUT2D eigenvalue weighted by Crippen LogP contribution is 2.19. The molecule has 0 aliphatic carbocycles. The molecule has 1 heterocycles. The van der Waals surface area contributed by atoms with Gasteiger partial charge in [0.2, 0.25) is 0 Å². The monoisotopic (exact) mass is 491 g/mol. The highest BCUT2D eigenvalue weighted by atomic mass is 35.5. The van der Waals surface area contributed by atoms with Crippen LogP contribution in [0.25, 0.3) is 5.69 Å². The molecule has 0 aliphatic rings. The summed E-state index contributed by atoms with van der Waals surface area (Å²) < 4.78 is 8.89. The first-order valence-electron chi connectivity index (χ1n) is 11.4. The Hall–Kier alpha value is -3.84. The van der Waals surface area contributed by atoms with Crippen molar-refractivity contribution in [1.82, 2.24) is 14.3 Å². The largest absolute Gasteiger partial charge is 0.489 e. The average molecular weight is 492 g/mol. The molecular formula is C27H26ClN3O4. The zero-order valence-corrected chi connectivity index (χ0v) is 20.1. The van der Waals surface area contributed by atoms with Gasteiger partial charge in [-0.3, -0.25) is 4.57 Å². The number of aryl methyl sites for hydroxylation is 1. The zero-order chi connectivity index (χ0) is 24.8. The summed E-state index contributed by atoms with van der Waals surface area (Å²) in [6, 6.07) is 21.3. The number of aromatic nitrogens is 3. The third-order valence-corrected chi connectivity index (χ3v) is 5.96. The van der Waals surface area contributed by atoms with E-state index in [0.717, 1.165) is 29.8 Å². The number of carbonyl (C=O) groups is 1. The van der Waals surface area contributed by atoms with Crippen molar-refractivity contribution < 1.29 is 14.6 Å². The van der Waals surface area contributed by atoms with E-state index >= 15 is 0 Å². The molecule has 0 bridgehead atoms. The molecule has 0 amide bonds. The highest BCUT2D eigenvalue weighted by molar-refractivity contribution is 6.32. The van der Waals surface area contributed by atoms with Gasteiger partial charge in [0.25, 0.3) is 0 Å². The van der Waals surface area contributed by atoms with E-state index in [1.54, 1.807) is 41.0 Å². The Morgan fingerprint density at radius 3 is 2.34 bits per heavy atom. The predicted molar refractivity (Wildman–Crippen MR) is 135 cm³/mol. The maximum Gasteiger partial charge on any atom is 0.351 e. The number of ether oxygens (including phenoxy) is 1. The molecule has 4 rings (SSSR count). The number of para-hydroxylation sites is 1. The Kier molecular flexibility index (Phi) is 7.67. The number of hydrogen-bond acceptors (Lipinski definition) is 4. The summed E-state index contributed by atoms with van der Waals surface area (Å²) in [7, 11) is 0. The van der Waals surface area contributed by atoms with Gasteiger partial charge in [-0.2, -0.15) is 4.68 Å². The lowest BCUT2D eigenvalue weighted by atomic mass is 10.1. The highest BCUT2D eigenvalue weighted by Gasteiger charge is 2.16. The van der Waals surface area contributed by atoms with Gasteiger partial charge in [0, 0.05) is 6.42 Å². The molecule has 35 heavy (non-hydrogen) atoms. The average Bonchev–Trinajstić information content (AvgIpc) is 3.17. The maximum absolute atomic E-state index is 13.2. The van der Waals surface area contributed by atoms with Gasteiger partial charge in [-0.25, -0.2) is 9.59 Å². The Labute approximate surface area is 208 Å². The third-order valence-electron chi connectivity index (χ3n) is 5.64. The number of carboxylic acids is 1. The summed E-state index contributed by atoms with van der Waals surface area (Å²) in [5, 5.41) is 14.1. The van der Waals surface area contributed by atoms with Crippen molar-refractivity contribution in [3.8, 4) is 11.4 Å². The van der Waals surface area contributed by atoms with Crippen molar-refractivity contribution >= 4 is 17.6 Å². The molecule has 7 nitrogen and oxygen atoms in total. The molecule has 0 fully saturated rings. The van der Waals surface area contributed by atoms with Crippen molar-refractivity contribution in [3.63, 3.8) is 0 Å². The van der Waals surface area contributed by atoms with E-state index in [1.165, 1.54) is 4.68 Å². The lowest BCUT2D eigenvalue weighted by Gasteiger charge is -2.09.